The molecule has 3 heteroatoms. The molecular weight excluding hydrogens is 178 g/mol. The molecule has 0 bridgehead atoms. The Hall–Kier alpha value is -1.77. The van der Waals surface area contributed by atoms with Gasteiger partial charge in [0.15, 0.2) is 0 Å². The molecule has 0 fully saturated rings. The Balaban J connectivity index is 3.21. The van der Waals surface area contributed by atoms with Gasteiger partial charge in [0.1, 0.15) is 0 Å². The maximum atomic E-state index is 11.0. The fourth-order valence-corrected chi connectivity index (χ4v) is 1.23. The third kappa shape index (κ3) is 2.13. The molecule has 1 aromatic rings. The van der Waals surface area contributed by atoms with Gasteiger partial charge in [0.05, 0.1) is 5.57 Å². The Labute approximate surface area is 82.9 Å². The van der Waals surface area contributed by atoms with E-state index in [2.05, 4.69) is 0 Å². The van der Waals surface area contributed by atoms with Crippen molar-refractivity contribution in [3.63, 3.8) is 0 Å². The van der Waals surface area contributed by atoms with Crippen molar-refractivity contribution < 1.29 is 9.90 Å². The molecule has 0 spiro atoms. The maximum absolute atomic E-state index is 11.0. The van der Waals surface area contributed by atoms with Gasteiger partial charge in [0.2, 0.25) is 0 Å². The molecule has 0 aromatic heterocycles. The Kier molecular flexibility index (Phi) is 3.29. The lowest BCUT2D eigenvalue weighted by Gasteiger charge is -2.06. The van der Waals surface area contributed by atoms with Crippen LogP contribution in [0.4, 0.5) is 0 Å². The molecule has 3 N–H and O–H groups in total. The van der Waals surface area contributed by atoms with E-state index in [1.807, 2.05) is 13.0 Å². The lowest BCUT2D eigenvalue weighted by Crippen LogP contribution is -2.08. The van der Waals surface area contributed by atoms with Crippen molar-refractivity contribution in [1.29, 1.82) is 0 Å². The van der Waals surface area contributed by atoms with Crippen LogP contribution in [0.5, 0.6) is 0 Å². The molecule has 0 saturated heterocycles. The molecule has 0 saturated carbocycles. The third-order valence-corrected chi connectivity index (χ3v) is 1.98. The first-order valence-electron chi connectivity index (χ1n) is 4.44. The quantitative estimate of drug-likeness (QED) is 0.716. The highest BCUT2D eigenvalue weighted by atomic mass is 16.4. The summed E-state index contributed by atoms with van der Waals surface area (Å²) in [5.41, 5.74) is 6.91. The number of hydrogen-bond acceptors (Lipinski definition) is 2. The second-order valence-electron chi connectivity index (χ2n) is 2.92. The van der Waals surface area contributed by atoms with Crippen LogP contribution in [-0.4, -0.2) is 11.1 Å². The lowest BCUT2D eigenvalue weighted by molar-refractivity contribution is -0.130. The summed E-state index contributed by atoms with van der Waals surface area (Å²) in [4.78, 5) is 11.0. The summed E-state index contributed by atoms with van der Waals surface area (Å²) in [6.45, 7) is 1.83. The van der Waals surface area contributed by atoms with E-state index in [1.165, 1.54) is 0 Å². The van der Waals surface area contributed by atoms with E-state index in [9.17, 15) is 4.79 Å². The van der Waals surface area contributed by atoms with Gasteiger partial charge in [-0.15, -0.1) is 0 Å². The zero-order valence-electron chi connectivity index (χ0n) is 8.03. The smallest absolute Gasteiger partial charge is 0.338 e. The van der Waals surface area contributed by atoms with Gasteiger partial charge in [-0.25, -0.2) is 4.79 Å². The largest absolute Gasteiger partial charge is 0.478 e. The molecule has 0 atom stereocenters. The van der Waals surface area contributed by atoms with Gasteiger partial charge in [-0.2, -0.15) is 0 Å². The van der Waals surface area contributed by atoms with Gasteiger partial charge in [0.25, 0.3) is 0 Å². The fraction of sp³-hybridized carbons (Fsp3) is 0.182. The minimum atomic E-state index is -0.976. The first kappa shape index (κ1) is 10.3. The minimum absolute atomic E-state index is 0.202. The zero-order chi connectivity index (χ0) is 10.6. The number of benzene rings is 1. The average Bonchev–Trinajstić information content (AvgIpc) is 2.19. The lowest BCUT2D eigenvalue weighted by atomic mass is 10.0. The SMILES string of the molecule is CCC(N)=C(C(=O)O)c1ccccc1. The summed E-state index contributed by atoms with van der Waals surface area (Å²) in [6.07, 6.45) is 0.538. The normalized spacial score (nSPS) is 12.1. The molecule has 0 aliphatic carbocycles. The zero-order valence-corrected chi connectivity index (χ0v) is 8.03. The number of carboxylic acid groups (broad SMARTS) is 1. The summed E-state index contributed by atoms with van der Waals surface area (Å²) >= 11 is 0. The number of hydrogen-bond donors (Lipinski definition) is 2. The van der Waals surface area contributed by atoms with Gasteiger partial charge in [-0.05, 0) is 12.0 Å². The van der Waals surface area contributed by atoms with E-state index in [1.54, 1.807) is 24.3 Å². The number of rotatable bonds is 3. The standard InChI is InChI=1S/C11H13NO2/c1-2-9(12)10(11(13)14)8-6-4-3-5-7-8/h3-7H,2,12H2,1H3,(H,13,14). The summed E-state index contributed by atoms with van der Waals surface area (Å²) in [5.74, 6) is -0.976. The van der Waals surface area contributed by atoms with Crippen LogP contribution in [0.15, 0.2) is 36.0 Å². The van der Waals surface area contributed by atoms with Crippen molar-refractivity contribution in [2.24, 2.45) is 5.73 Å². The average molecular weight is 191 g/mol. The predicted octanol–water partition coefficient (Wildman–Crippen LogP) is 1.85. The third-order valence-electron chi connectivity index (χ3n) is 1.98. The highest BCUT2D eigenvalue weighted by Gasteiger charge is 2.12. The molecule has 74 valence electrons. The Morgan fingerprint density at radius 3 is 2.36 bits per heavy atom. The van der Waals surface area contributed by atoms with E-state index in [-0.39, 0.29) is 5.57 Å². The van der Waals surface area contributed by atoms with Gasteiger partial charge in [-0.1, -0.05) is 37.3 Å². The fourth-order valence-electron chi connectivity index (χ4n) is 1.23. The number of carboxylic acids is 1. The van der Waals surface area contributed by atoms with Crippen molar-refractivity contribution in [3.05, 3.63) is 41.6 Å². The van der Waals surface area contributed by atoms with Gasteiger partial charge < -0.3 is 10.8 Å². The Bertz CT molecular complexity index is 355. The van der Waals surface area contributed by atoms with E-state index in [4.69, 9.17) is 10.8 Å². The highest BCUT2D eigenvalue weighted by molar-refractivity contribution is 6.16. The molecule has 0 radical (unpaired) electrons. The van der Waals surface area contributed by atoms with Crippen molar-refractivity contribution in [2.75, 3.05) is 0 Å². The number of aliphatic carboxylic acids is 1. The van der Waals surface area contributed by atoms with E-state index in [0.29, 0.717) is 17.7 Å². The van der Waals surface area contributed by atoms with Gasteiger partial charge in [-0.3, -0.25) is 0 Å². The molecule has 1 aromatic carbocycles. The van der Waals surface area contributed by atoms with Gasteiger partial charge >= 0.3 is 5.97 Å². The van der Waals surface area contributed by atoms with Crippen LogP contribution in [0.3, 0.4) is 0 Å². The molecular formula is C11H13NO2. The second-order valence-corrected chi connectivity index (χ2v) is 2.92. The molecule has 14 heavy (non-hydrogen) atoms. The molecule has 0 amide bonds. The summed E-state index contributed by atoms with van der Waals surface area (Å²) in [6, 6.07) is 8.91. The topological polar surface area (TPSA) is 63.3 Å². The summed E-state index contributed by atoms with van der Waals surface area (Å²) in [7, 11) is 0. The van der Waals surface area contributed by atoms with Crippen LogP contribution >= 0.6 is 0 Å². The number of nitrogens with two attached hydrogens (primary N) is 1. The van der Waals surface area contributed by atoms with Crippen LogP contribution in [0.1, 0.15) is 18.9 Å². The van der Waals surface area contributed by atoms with Crippen LogP contribution in [0.25, 0.3) is 5.57 Å². The van der Waals surface area contributed by atoms with E-state index in [0.717, 1.165) is 0 Å². The van der Waals surface area contributed by atoms with E-state index >= 15 is 0 Å². The van der Waals surface area contributed by atoms with Crippen LogP contribution in [0, 0.1) is 0 Å². The number of carbonyl (C=O) groups is 1. The van der Waals surface area contributed by atoms with Crippen molar-refractivity contribution >= 4 is 11.5 Å². The molecule has 0 unspecified atom stereocenters. The summed E-state index contributed by atoms with van der Waals surface area (Å²) < 4.78 is 0. The van der Waals surface area contributed by atoms with Crippen molar-refractivity contribution in [3.8, 4) is 0 Å². The predicted molar refractivity (Wildman–Crippen MR) is 55.5 cm³/mol. The maximum Gasteiger partial charge on any atom is 0.338 e. The molecule has 0 aliphatic heterocycles. The molecule has 0 aliphatic rings. The van der Waals surface area contributed by atoms with Gasteiger partial charge in [0, 0.05) is 5.70 Å². The molecule has 3 nitrogen and oxygen atoms in total. The first-order valence-corrected chi connectivity index (χ1v) is 4.44. The van der Waals surface area contributed by atoms with Crippen LogP contribution in [-0.2, 0) is 4.79 Å². The monoisotopic (exact) mass is 191 g/mol. The number of allylic oxidation sites excluding steroid dienone is 1. The highest BCUT2D eigenvalue weighted by Crippen LogP contribution is 2.17. The minimum Gasteiger partial charge on any atom is -0.478 e. The van der Waals surface area contributed by atoms with Crippen molar-refractivity contribution in [2.45, 2.75) is 13.3 Å². The second kappa shape index (κ2) is 4.46. The molecule has 1 rings (SSSR count). The van der Waals surface area contributed by atoms with Crippen LogP contribution < -0.4 is 5.73 Å². The first-order chi connectivity index (χ1) is 6.66. The van der Waals surface area contributed by atoms with E-state index < -0.39 is 5.97 Å². The van der Waals surface area contributed by atoms with Crippen LogP contribution in [0.2, 0.25) is 0 Å². The Morgan fingerprint density at radius 2 is 1.93 bits per heavy atom. The Morgan fingerprint density at radius 1 is 1.36 bits per heavy atom. The summed E-state index contributed by atoms with van der Waals surface area (Å²) in [5, 5.41) is 8.99. The molecule has 0 heterocycles. The van der Waals surface area contributed by atoms with Crippen molar-refractivity contribution in [1.82, 2.24) is 0 Å².